The van der Waals surface area contributed by atoms with Crippen LogP contribution < -0.4 is 9.47 Å². The normalized spacial score (nSPS) is 10.9. The van der Waals surface area contributed by atoms with Crippen molar-refractivity contribution in [3.8, 4) is 23.0 Å². The molecule has 0 heterocycles. The van der Waals surface area contributed by atoms with E-state index in [1.807, 2.05) is 66.7 Å². The van der Waals surface area contributed by atoms with Gasteiger partial charge in [0.05, 0.1) is 4.47 Å². The summed E-state index contributed by atoms with van der Waals surface area (Å²) in [7, 11) is 0. The van der Waals surface area contributed by atoms with Gasteiger partial charge in [0.1, 0.15) is 11.5 Å². The number of hydrogen-bond donors (Lipinski definition) is 0. The summed E-state index contributed by atoms with van der Waals surface area (Å²) in [6, 6.07) is 24.0. The van der Waals surface area contributed by atoms with Crippen molar-refractivity contribution in [1.29, 1.82) is 0 Å². The molecule has 0 aliphatic rings. The first-order valence-electron chi connectivity index (χ1n) is 13.5. The van der Waals surface area contributed by atoms with Crippen LogP contribution in [0.1, 0.15) is 89.5 Å². The fourth-order valence-corrected chi connectivity index (χ4v) is 4.93. The molecule has 0 bridgehead atoms. The minimum atomic E-state index is 0.713. The number of benzene rings is 3. The quantitative estimate of drug-likeness (QED) is 0.159. The van der Waals surface area contributed by atoms with Gasteiger partial charge in [0.2, 0.25) is 0 Å². The largest absolute Gasteiger partial charge is 0.453 e. The maximum Gasteiger partial charge on any atom is 0.184 e. The molecule has 0 atom stereocenters. The lowest BCUT2D eigenvalue weighted by Gasteiger charge is -2.16. The van der Waals surface area contributed by atoms with Crippen molar-refractivity contribution in [3.63, 3.8) is 0 Å². The molecule has 0 aliphatic carbocycles. The van der Waals surface area contributed by atoms with E-state index in [4.69, 9.17) is 9.47 Å². The van der Waals surface area contributed by atoms with Crippen LogP contribution in [-0.2, 0) is 6.42 Å². The van der Waals surface area contributed by atoms with Crippen LogP contribution in [0.4, 0.5) is 0 Å². The van der Waals surface area contributed by atoms with Crippen molar-refractivity contribution >= 4 is 15.9 Å². The summed E-state index contributed by atoms with van der Waals surface area (Å²) in [5, 5.41) is 0. The number of rotatable bonds is 17. The van der Waals surface area contributed by atoms with E-state index < -0.39 is 0 Å². The van der Waals surface area contributed by atoms with Crippen molar-refractivity contribution in [2.75, 3.05) is 0 Å². The molecule has 35 heavy (non-hydrogen) atoms. The first kappa shape index (κ1) is 27.3. The Hall–Kier alpha value is -2.26. The van der Waals surface area contributed by atoms with Crippen LogP contribution >= 0.6 is 15.9 Å². The molecule has 0 spiro atoms. The van der Waals surface area contributed by atoms with Gasteiger partial charge < -0.3 is 9.47 Å². The van der Waals surface area contributed by atoms with Crippen LogP contribution in [0.2, 0.25) is 0 Å². The Balaban J connectivity index is 1.49. The Labute approximate surface area is 221 Å². The molecule has 0 saturated heterocycles. The maximum absolute atomic E-state index is 6.29. The molecule has 0 aliphatic heterocycles. The van der Waals surface area contributed by atoms with Gasteiger partial charge in [0, 0.05) is 0 Å². The first-order valence-corrected chi connectivity index (χ1v) is 14.3. The van der Waals surface area contributed by atoms with E-state index in [0.717, 1.165) is 28.1 Å². The highest BCUT2D eigenvalue weighted by molar-refractivity contribution is 9.10. The van der Waals surface area contributed by atoms with Crippen LogP contribution in [-0.4, -0.2) is 0 Å². The topological polar surface area (TPSA) is 18.5 Å². The average molecular weight is 538 g/mol. The predicted octanol–water partition coefficient (Wildman–Crippen LogP) is 11.3. The summed E-state index contributed by atoms with van der Waals surface area (Å²) in [5.41, 5.74) is 1.27. The van der Waals surface area contributed by atoms with Crippen LogP contribution in [0.3, 0.4) is 0 Å². The van der Waals surface area contributed by atoms with Crippen molar-refractivity contribution in [3.05, 3.63) is 82.8 Å². The summed E-state index contributed by atoms with van der Waals surface area (Å²) >= 11 is 3.83. The molecular formula is C32H41BrO2. The van der Waals surface area contributed by atoms with Crippen molar-refractivity contribution in [1.82, 2.24) is 0 Å². The maximum atomic E-state index is 6.29. The molecule has 0 radical (unpaired) electrons. The molecular weight excluding hydrogens is 496 g/mol. The van der Waals surface area contributed by atoms with E-state index in [1.54, 1.807) is 0 Å². The van der Waals surface area contributed by atoms with Gasteiger partial charge in [-0.3, -0.25) is 0 Å². The molecule has 3 heteroatoms. The molecule has 2 nitrogen and oxygen atoms in total. The summed E-state index contributed by atoms with van der Waals surface area (Å²) in [5.74, 6) is 3.04. The first-order chi connectivity index (χ1) is 17.3. The van der Waals surface area contributed by atoms with Gasteiger partial charge in [-0.15, -0.1) is 0 Å². The predicted molar refractivity (Wildman–Crippen MR) is 152 cm³/mol. The van der Waals surface area contributed by atoms with Crippen molar-refractivity contribution < 1.29 is 9.47 Å². The molecule has 0 amide bonds. The van der Waals surface area contributed by atoms with Crippen LogP contribution in [0.5, 0.6) is 23.0 Å². The minimum Gasteiger partial charge on any atom is -0.453 e. The van der Waals surface area contributed by atoms with E-state index in [9.17, 15) is 0 Å². The zero-order valence-corrected chi connectivity index (χ0v) is 22.9. The molecule has 0 fully saturated rings. The molecule has 0 saturated carbocycles. The van der Waals surface area contributed by atoms with E-state index in [0.29, 0.717) is 5.75 Å². The van der Waals surface area contributed by atoms with Gasteiger partial charge >= 0.3 is 0 Å². The standard InChI is InChI=1S/C32H41BrO2/c1-2-3-4-5-6-7-8-9-10-11-12-15-20-27-25-26-30(34-28-21-16-13-17-22-28)32(31(27)33)35-29-23-18-14-19-24-29/h13-14,16-19,21-26H,2-12,15,20H2,1H3. The zero-order chi connectivity index (χ0) is 24.6. The van der Waals surface area contributed by atoms with E-state index in [-0.39, 0.29) is 0 Å². The van der Waals surface area contributed by atoms with Gasteiger partial charge in [0.25, 0.3) is 0 Å². The Kier molecular flexibility index (Phi) is 12.8. The molecule has 3 rings (SSSR count). The highest BCUT2D eigenvalue weighted by Crippen LogP contribution is 2.43. The van der Waals surface area contributed by atoms with Gasteiger partial charge in [-0.2, -0.15) is 0 Å². The third-order valence-corrected chi connectivity index (χ3v) is 7.24. The zero-order valence-electron chi connectivity index (χ0n) is 21.3. The average Bonchev–Trinajstić information content (AvgIpc) is 2.89. The fraction of sp³-hybridized carbons (Fsp3) is 0.438. The summed E-state index contributed by atoms with van der Waals surface area (Å²) in [4.78, 5) is 0. The SMILES string of the molecule is CCCCCCCCCCCCCCc1ccc(Oc2ccccc2)c(Oc2ccccc2)c1Br. The molecule has 0 aromatic heterocycles. The lowest BCUT2D eigenvalue weighted by atomic mass is 10.0. The number of aryl methyl sites for hydroxylation is 1. The lowest BCUT2D eigenvalue weighted by Crippen LogP contribution is -1.96. The lowest BCUT2D eigenvalue weighted by molar-refractivity contribution is 0.416. The van der Waals surface area contributed by atoms with Gasteiger partial charge in [-0.05, 0) is 64.7 Å². The number of halogens is 1. The number of hydrogen-bond acceptors (Lipinski definition) is 2. The molecule has 3 aromatic carbocycles. The molecule has 188 valence electrons. The van der Waals surface area contributed by atoms with Gasteiger partial charge in [0.15, 0.2) is 11.5 Å². The molecule has 0 N–H and O–H groups in total. The summed E-state index contributed by atoms with van der Waals surface area (Å²) in [6.07, 6.45) is 17.4. The van der Waals surface area contributed by atoms with Gasteiger partial charge in [-0.25, -0.2) is 0 Å². The Morgan fingerprint density at radius 1 is 0.543 bits per heavy atom. The second-order valence-electron chi connectivity index (χ2n) is 9.34. The molecule has 0 unspecified atom stereocenters. The second kappa shape index (κ2) is 16.4. The fourth-order valence-electron chi connectivity index (χ4n) is 4.33. The third kappa shape index (κ3) is 10.1. The van der Waals surface area contributed by atoms with E-state index in [2.05, 4.69) is 28.9 Å². The summed E-state index contributed by atoms with van der Waals surface area (Å²) in [6.45, 7) is 2.28. The highest BCUT2D eigenvalue weighted by Gasteiger charge is 2.16. The van der Waals surface area contributed by atoms with E-state index >= 15 is 0 Å². The minimum absolute atomic E-state index is 0.713. The molecule has 3 aromatic rings. The van der Waals surface area contributed by atoms with Gasteiger partial charge in [-0.1, -0.05) is 120 Å². The van der Waals surface area contributed by atoms with Crippen LogP contribution in [0.15, 0.2) is 77.3 Å². The number of ether oxygens (including phenoxy) is 2. The highest BCUT2D eigenvalue weighted by atomic mass is 79.9. The van der Waals surface area contributed by atoms with Crippen molar-refractivity contribution in [2.45, 2.75) is 90.4 Å². The number of para-hydroxylation sites is 2. The van der Waals surface area contributed by atoms with Crippen LogP contribution in [0.25, 0.3) is 0 Å². The Morgan fingerprint density at radius 2 is 1.03 bits per heavy atom. The third-order valence-electron chi connectivity index (χ3n) is 6.37. The monoisotopic (exact) mass is 536 g/mol. The smallest absolute Gasteiger partial charge is 0.184 e. The van der Waals surface area contributed by atoms with E-state index in [1.165, 1.54) is 82.6 Å². The summed E-state index contributed by atoms with van der Waals surface area (Å²) < 4.78 is 13.5. The Morgan fingerprint density at radius 3 is 1.57 bits per heavy atom. The number of unbranched alkanes of at least 4 members (excludes halogenated alkanes) is 11. The Bertz CT molecular complexity index is 956. The van der Waals surface area contributed by atoms with Crippen LogP contribution in [0, 0.1) is 0 Å². The van der Waals surface area contributed by atoms with Crippen molar-refractivity contribution in [2.24, 2.45) is 0 Å². The second-order valence-corrected chi connectivity index (χ2v) is 10.1.